The van der Waals surface area contributed by atoms with Crippen LogP contribution in [0.4, 0.5) is 16.2 Å². The highest BCUT2D eigenvalue weighted by molar-refractivity contribution is 5.95. The number of carbonyl (C=O) groups excluding carboxylic acids is 2. The van der Waals surface area contributed by atoms with Gasteiger partial charge in [0.15, 0.2) is 5.65 Å². The van der Waals surface area contributed by atoms with Crippen molar-refractivity contribution < 1.29 is 9.59 Å². The number of hydrogen-bond donors (Lipinski definition) is 2. The second-order valence-electron chi connectivity index (χ2n) is 7.99. The maximum Gasteiger partial charge on any atom is 0.321 e. The number of hydrogen-bond acceptors (Lipinski definition) is 4. The number of carbonyl (C=O) groups is 2. The molecule has 8 heteroatoms. The van der Waals surface area contributed by atoms with Crippen LogP contribution in [0.1, 0.15) is 23.4 Å². The third-order valence-electron chi connectivity index (χ3n) is 5.94. The topological polar surface area (TPSA) is 91.6 Å². The van der Waals surface area contributed by atoms with Crippen molar-refractivity contribution >= 4 is 39.9 Å². The molecule has 3 heterocycles. The molecule has 8 nitrogen and oxygen atoms in total. The van der Waals surface area contributed by atoms with E-state index in [1.54, 1.807) is 4.90 Å². The molecular weight excluding hydrogens is 404 g/mol. The van der Waals surface area contributed by atoms with Crippen LogP contribution in [0.25, 0.3) is 16.6 Å². The van der Waals surface area contributed by atoms with Crippen LogP contribution >= 0.6 is 0 Å². The van der Waals surface area contributed by atoms with E-state index in [1.165, 1.54) is 0 Å². The summed E-state index contributed by atoms with van der Waals surface area (Å²) in [6.45, 7) is 5.29. The Morgan fingerprint density at radius 2 is 1.91 bits per heavy atom. The molecule has 1 fully saturated rings. The molecule has 0 radical (unpaired) electrons. The van der Waals surface area contributed by atoms with Crippen molar-refractivity contribution in [3.8, 4) is 0 Å². The summed E-state index contributed by atoms with van der Waals surface area (Å²) in [6, 6.07) is 15.2. The molecule has 0 unspecified atom stereocenters. The number of benzene rings is 2. The van der Waals surface area contributed by atoms with E-state index in [2.05, 4.69) is 15.7 Å². The average Bonchev–Trinajstić information content (AvgIpc) is 3.38. The average molecular weight is 428 g/mol. The van der Waals surface area contributed by atoms with Gasteiger partial charge in [0, 0.05) is 47.7 Å². The molecule has 162 valence electrons. The second-order valence-corrected chi connectivity index (χ2v) is 7.99. The molecule has 2 aromatic heterocycles. The molecule has 0 atom stereocenters. The van der Waals surface area contributed by atoms with Crippen LogP contribution in [-0.2, 0) is 11.2 Å². The molecule has 5 rings (SSSR count). The van der Waals surface area contributed by atoms with Gasteiger partial charge >= 0.3 is 6.03 Å². The van der Waals surface area contributed by atoms with Crippen LogP contribution < -0.4 is 15.5 Å². The minimum Gasteiger partial charge on any atom is -0.336 e. The predicted molar refractivity (Wildman–Crippen MR) is 124 cm³/mol. The molecule has 1 saturated heterocycles. The van der Waals surface area contributed by atoms with Gasteiger partial charge in [-0.3, -0.25) is 9.69 Å². The van der Waals surface area contributed by atoms with E-state index in [4.69, 9.17) is 4.98 Å². The van der Waals surface area contributed by atoms with Crippen molar-refractivity contribution in [1.29, 1.82) is 0 Å². The highest BCUT2D eigenvalue weighted by Crippen LogP contribution is 2.23. The van der Waals surface area contributed by atoms with E-state index >= 15 is 0 Å². The summed E-state index contributed by atoms with van der Waals surface area (Å²) in [5.74, 6) is -0.0683. The first kappa shape index (κ1) is 20.0. The van der Waals surface area contributed by atoms with Crippen molar-refractivity contribution in [2.45, 2.75) is 26.7 Å². The number of aromatic nitrogens is 3. The van der Waals surface area contributed by atoms with E-state index in [-0.39, 0.29) is 11.9 Å². The Kier molecular flexibility index (Phi) is 4.97. The standard InChI is InChI=1S/C24H24N6O2/c1-15-19(16(2)30-23(26-15)20-5-3-4-6-21(20)28-30)11-12-22(31)27-17-7-9-18(10-8-17)29-14-13-25-24(29)32/h3-10H,11-14H2,1-2H3,(H,25,32)(H,27,31). The number of anilines is 2. The lowest BCUT2D eigenvalue weighted by atomic mass is 10.1. The maximum atomic E-state index is 12.6. The zero-order valence-electron chi connectivity index (χ0n) is 18.1. The Hall–Kier alpha value is -3.94. The van der Waals surface area contributed by atoms with E-state index in [0.29, 0.717) is 31.6 Å². The second kappa shape index (κ2) is 7.96. The number of rotatable bonds is 5. The summed E-state index contributed by atoms with van der Waals surface area (Å²) in [7, 11) is 0. The third-order valence-corrected chi connectivity index (χ3v) is 5.94. The van der Waals surface area contributed by atoms with Crippen molar-refractivity contribution in [2.24, 2.45) is 0 Å². The normalized spacial score (nSPS) is 13.7. The number of fused-ring (bicyclic) bond motifs is 3. The van der Waals surface area contributed by atoms with Gasteiger partial charge in [0.25, 0.3) is 0 Å². The Labute approximate surface area is 185 Å². The molecule has 0 saturated carbocycles. The fourth-order valence-corrected chi connectivity index (χ4v) is 4.24. The first-order valence-corrected chi connectivity index (χ1v) is 10.7. The van der Waals surface area contributed by atoms with Gasteiger partial charge in [-0.2, -0.15) is 5.10 Å². The van der Waals surface area contributed by atoms with Gasteiger partial charge in [0.05, 0.1) is 5.52 Å². The summed E-state index contributed by atoms with van der Waals surface area (Å²) in [5, 5.41) is 11.4. The molecule has 4 aromatic rings. The molecule has 0 bridgehead atoms. The maximum absolute atomic E-state index is 12.6. The lowest BCUT2D eigenvalue weighted by molar-refractivity contribution is -0.116. The fraction of sp³-hybridized carbons (Fsp3) is 0.250. The number of nitrogens with one attached hydrogen (secondary N) is 2. The molecule has 2 N–H and O–H groups in total. The number of urea groups is 1. The van der Waals surface area contributed by atoms with E-state index in [0.717, 1.165) is 39.2 Å². The largest absolute Gasteiger partial charge is 0.336 e. The quantitative estimate of drug-likeness (QED) is 0.508. The summed E-state index contributed by atoms with van der Waals surface area (Å²) in [6.07, 6.45) is 0.917. The van der Waals surface area contributed by atoms with Gasteiger partial charge in [-0.05, 0) is 62.2 Å². The number of nitrogens with zero attached hydrogens (tertiary/aromatic N) is 4. The van der Waals surface area contributed by atoms with Crippen molar-refractivity contribution in [1.82, 2.24) is 19.9 Å². The zero-order valence-corrected chi connectivity index (χ0v) is 18.1. The Morgan fingerprint density at radius 1 is 1.12 bits per heavy atom. The lowest BCUT2D eigenvalue weighted by Crippen LogP contribution is -2.27. The third kappa shape index (κ3) is 3.53. The van der Waals surface area contributed by atoms with Crippen molar-refractivity contribution in [3.05, 3.63) is 65.5 Å². The fourth-order valence-electron chi connectivity index (χ4n) is 4.24. The van der Waals surface area contributed by atoms with Gasteiger partial charge in [0.1, 0.15) is 0 Å². The Bertz CT molecular complexity index is 1340. The zero-order chi connectivity index (χ0) is 22.2. The van der Waals surface area contributed by atoms with Crippen molar-refractivity contribution in [3.63, 3.8) is 0 Å². The molecule has 3 amide bonds. The molecule has 1 aliphatic rings. The van der Waals surface area contributed by atoms with Gasteiger partial charge < -0.3 is 10.6 Å². The van der Waals surface area contributed by atoms with Crippen molar-refractivity contribution in [2.75, 3.05) is 23.3 Å². The Morgan fingerprint density at radius 3 is 2.66 bits per heavy atom. The van der Waals surface area contributed by atoms with Crippen LogP contribution in [0.15, 0.2) is 48.5 Å². The molecule has 2 aromatic carbocycles. The highest BCUT2D eigenvalue weighted by Gasteiger charge is 2.21. The molecule has 32 heavy (non-hydrogen) atoms. The van der Waals surface area contributed by atoms with Crippen LogP contribution in [0.5, 0.6) is 0 Å². The van der Waals surface area contributed by atoms with E-state index < -0.39 is 0 Å². The SMILES string of the molecule is Cc1nc2c3ccccc3nn2c(C)c1CCC(=O)Nc1ccc(N2CCNC2=O)cc1. The number of aryl methyl sites for hydroxylation is 2. The summed E-state index contributed by atoms with van der Waals surface area (Å²) in [5.41, 5.74) is 6.24. The minimum absolute atomic E-state index is 0.0683. The molecular formula is C24H24N6O2. The number of amides is 3. The van der Waals surface area contributed by atoms with Crippen LogP contribution in [0.2, 0.25) is 0 Å². The van der Waals surface area contributed by atoms with Crippen LogP contribution in [-0.4, -0.2) is 39.6 Å². The lowest BCUT2D eigenvalue weighted by Gasteiger charge is -2.15. The minimum atomic E-state index is -0.0943. The van der Waals surface area contributed by atoms with Gasteiger partial charge in [-0.15, -0.1) is 0 Å². The molecule has 1 aliphatic heterocycles. The molecule has 0 aliphatic carbocycles. The van der Waals surface area contributed by atoms with Gasteiger partial charge in [-0.25, -0.2) is 14.3 Å². The highest BCUT2D eigenvalue weighted by atomic mass is 16.2. The smallest absolute Gasteiger partial charge is 0.321 e. The summed E-state index contributed by atoms with van der Waals surface area (Å²) >= 11 is 0. The Balaban J connectivity index is 1.28. The van der Waals surface area contributed by atoms with Crippen LogP contribution in [0, 0.1) is 13.8 Å². The van der Waals surface area contributed by atoms with Gasteiger partial charge in [-0.1, -0.05) is 12.1 Å². The summed E-state index contributed by atoms with van der Waals surface area (Å²) in [4.78, 5) is 30.8. The summed E-state index contributed by atoms with van der Waals surface area (Å²) < 4.78 is 1.87. The molecule has 0 spiro atoms. The predicted octanol–water partition coefficient (Wildman–Crippen LogP) is 3.60. The first-order chi connectivity index (χ1) is 15.5. The van der Waals surface area contributed by atoms with Crippen LogP contribution in [0.3, 0.4) is 0 Å². The van der Waals surface area contributed by atoms with E-state index in [9.17, 15) is 9.59 Å². The van der Waals surface area contributed by atoms with E-state index in [1.807, 2.05) is 66.9 Å². The first-order valence-electron chi connectivity index (χ1n) is 10.7. The van der Waals surface area contributed by atoms with Gasteiger partial charge in [0.2, 0.25) is 5.91 Å². The monoisotopic (exact) mass is 428 g/mol.